The molecule has 2 N–H and O–H groups in total. The number of unbranched alkanes of at least 4 members (excludes halogenated alkanes) is 1. The third-order valence-corrected chi connectivity index (χ3v) is 3.96. The number of aliphatic hydroxyl groups is 1. The number of hydrogen-bond donors (Lipinski definition) is 2. The van der Waals surface area contributed by atoms with Crippen molar-refractivity contribution in [2.24, 2.45) is 0 Å². The van der Waals surface area contributed by atoms with E-state index >= 15 is 0 Å². The molecule has 0 bridgehead atoms. The van der Waals surface area contributed by atoms with Gasteiger partial charge in [-0.2, -0.15) is 0 Å². The van der Waals surface area contributed by atoms with E-state index in [0.29, 0.717) is 24.0 Å². The van der Waals surface area contributed by atoms with Gasteiger partial charge in [-0.1, -0.05) is 25.5 Å². The zero-order chi connectivity index (χ0) is 17.5. The highest BCUT2D eigenvalue weighted by Crippen LogP contribution is 2.08. The van der Waals surface area contributed by atoms with Gasteiger partial charge in [0.2, 0.25) is 5.91 Å². The van der Waals surface area contributed by atoms with Crippen molar-refractivity contribution < 1.29 is 9.90 Å². The highest BCUT2D eigenvalue weighted by atomic mass is 16.3. The molecule has 2 aromatic rings. The fraction of sp³-hybridized carbons (Fsp3) is 0.471. The number of aromatic nitrogens is 2. The summed E-state index contributed by atoms with van der Waals surface area (Å²) in [5.74, 6) is -0.111. The van der Waals surface area contributed by atoms with Gasteiger partial charge >= 0.3 is 5.69 Å². The summed E-state index contributed by atoms with van der Waals surface area (Å²) in [4.78, 5) is 40.2. The van der Waals surface area contributed by atoms with E-state index in [1.54, 1.807) is 29.2 Å². The van der Waals surface area contributed by atoms with E-state index in [0.717, 1.165) is 12.8 Å². The maximum Gasteiger partial charge on any atom is 0.328 e. The fourth-order valence-corrected chi connectivity index (χ4v) is 2.66. The standard InChI is InChI=1S/C17H23N3O4/c1-2-3-9-19(11-12-21)15(22)8-10-20-14-7-5-4-6-13(14)16(23)18-17(20)24/h4-7,21H,2-3,8-12H2,1H3,(H,18,23,24). The Bertz CT molecular complexity index is 809. The third kappa shape index (κ3) is 4.11. The SMILES string of the molecule is CCCCN(CCO)C(=O)CCn1c(=O)[nH]c(=O)c2ccccc21. The zero-order valence-electron chi connectivity index (χ0n) is 13.8. The molecule has 0 spiro atoms. The van der Waals surface area contributed by atoms with Crippen molar-refractivity contribution in [2.75, 3.05) is 19.7 Å². The largest absolute Gasteiger partial charge is 0.395 e. The van der Waals surface area contributed by atoms with Gasteiger partial charge in [0.25, 0.3) is 5.56 Å². The summed E-state index contributed by atoms with van der Waals surface area (Å²) in [5, 5.41) is 9.52. The first-order valence-corrected chi connectivity index (χ1v) is 8.19. The van der Waals surface area contributed by atoms with Crippen LogP contribution >= 0.6 is 0 Å². The van der Waals surface area contributed by atoms with Crippen LogP contribution in [0.15, 0.2) is 33.9 Å². The van der Waals surface area contributed by atoms with Crippen molar-refractivity contribution in [1.82, 2.24) is 14.5 Å². The van der Waals surface area contributed by atoms with Crippen LogP contribution in [0.3, 0.4) is 0 Å². The smallest absolute Gasteiger partial charge is 0.328 e. The Morgan fingerprint density at radius 2 is 2.00 bits per heavy atom. The number of rotatable bonds is 8. The highest BCUT2D eigenvalue weighted by Gasteiger charge is 2.14. The topological polar surface area (TPSA) is 95.4 Å². The molecule has 0 saturated carbocycles. The number of fused-ring (bicyclic) bond motifs is 1. The molecule has 24 heavy (non-hydrogen) atoms. The number of aliphatic hydroxyl groups excluding tert-OH is 1. The van der Waals surface area contributed by atoms with Gasteiger partial charge in [-0.15, -0.1) is 0 Å². The van der Waals surface area contributed by atoms with E-state index < -0.39 is 11.2 Å². The van der Waals surface area contributed by atoms with E-state index in [1.807, 2.05) is 6.92 Å². The fourth-order valence-electron chi connectivity index (χ4n) is 2.66. The van der Waals surface area contributed by atoms with Crippen molar-refractivity contribution in [3.05, 3.63) is 45.1 Å². The number of carbonyl (C=O) groups is 1. The Labute approximate surface area is 139 Å². The van der Waals surface area contributed by atoms with Crippen LogP contribution in [-0.4, -0.2) is 45.2 Å². The molecule has 1 aromatic heterocycles. The first kappa shape index (κ1) is 17.9. The average molecular weight is 333 g/mol. The minimum Gasteiger partial charge on any atom is -0.395 e. The molecule has 0 aliphatic rings. The molecule has 1 aromatic carbocycles. The van der Waals surface area contributed by atoms with Gasteiger partial charge in [-0.05, 0) is 18.6 Å². The molecule has 2 rings (SSSR count). The maximum atomic E-state index is 12.4. The van der Waals surface area contributed by atoms with E-state index in [2.05, 4.69) is 4.98 Å². The molecule has 0 atom stereocenters. The number of H-pyrrole nitrogens is 1. The van der Waals surface area contributed by atoms with Gasteiger partial charge in [0, 0.05) is 26.1 Å². The molecule has 1 heterocycles. The van der Waals surface area contributed by atoms with Crippen molar-refractivity contribution in [3.63, 3.8) is 0 Å². The van der Waals surface area contributed by atoms with Crippen LogP contribution in [0.4, 0.5) is 0 Å². The van der Waals surface area contributed by atoms with Crippen molar-refractivity contribution in [2.45, 2.75) is 32.7 Å². The molecule has 0 radical (unpaired) electrons. The van der Waals surface area contributed by atoms with Crippen LogP contribution in [0.1, 0.15) is 26.2 Å². The molecule has 1 amide bonds. The second-order valence-corrected chi connectivity index (χ2v) is 5.64. The highest BCUT2D eigenvalue weighted by molar-refractivity contribution is 5.78. The van der Waals surface area contributed by atoms with E-state index in [1.165, 1.54) is 4.57 Å². The summed E-state index contributed by atoms with van der Waals surface area (Å²) in [7, 11) is 0. The number of carbonyl (C=O) groups excluding carboxylic acids is 1. The first-order chi connectivity index (χ1) is 11.6. The van der Waals surface area contributed by atoms with Crippen LogP contribution in [0.25, 0.3) is 10.9 Å². The molecule has 130 valence electrons. The number of hydrogen-bond acceptors (Lipinski definition) is 4. The summed E-state index contributed by atoms with van der Waals surface area (Å²) < 4.78 is 1.41. The van der Waals surface area contributed by atoms with Gasteiger partial charge in [-0.3, -0.25) is 19.1 Å². The molecule has 0 aliphatic heterocycles. The van der Waals surface area contributed by atoms with Gasteiger partial charge < -0.3 is 10.0 Å². The van der Waals surface area contributed by atoms with Crippen LogP contribution in [0.5, 0.6) is 0 Å². The predicted molar refractivity (Wildman–Crippen MR) is 92.0 cm³/mol. The van der Waals surface area contributed by atoms with Crippen LogP contribution < -0.4 is 11.2 Å². The molecule has 0 aliphatic carbocycles. The number of para-hydroxylation sites is 1. The monoisotopic (exact) mass is 333 g/mol. The summed E-state index contributed by atoms with van der Waals surface area (Å²) >= 11 is 0. The third-order valence-electron chi connectivity index (χ3n) is 3.96. The van der Waals surface area contributed by atoms with Gasteiger partial charge in [0.15, 0.2) is 0 Å². The van der Waals surface area contributed by atoms with E-state index in [4.69, 9.17) is 5.11 Å². The van der Waals surface area contributed by atoms with Crippen molar-refractivity contribution >= 4 is 16.8 Å². The molecule has 0 saturated heterocycles. The molecule has 7 nitrogen and oxygen atoms in total. The van der Waals surface area contributed by atoms with E-state index in [9.17, 15) is 14.4 Å². The van der Waals surface area contributed by atoms with Crippen LogP contribution in [-0.2, 0) is 11.3 Å². The zero-order valence-corrected chi connectivity index (χ0v) is 13.8. The van der Waals surface area contributed by atoms with Crippen LogP contribution in [0, 0.1) is 0 Å². The van der Waals surface area contributed by atoms with E-state index in [-0.39, 0.29) is 25.5 Å². The second-order valence-electron chi connectivity index (χ2n) is 5.64. The number of benzene rings is 1. The number of aryl methyl sites for hydroxylation is 1. The maximum absolute atomic E-state index is 12.4. The lowest BCUT2D eigenvalue weighted by Gasteiger charge is -2.22. The predicted octanol–water partition coefficient (Wildman–Crippen LogP) is 0.701. The minimum absolute atomic E-state index is 0.0863. The normalized spacial score (nSPS) is 10.9. The number of nitrogens with zero attached hydrogens (tertiary/aromatic N) is 2. The summed E-state index contributed by atoms with van der Waals surface area (Å²) in [6.07, 6.45) is 1.96. The Morgan fingerprint density at radius 1 is 1.25 bits per heavy atom. The molecular formula is C17H23N3O4. The molecule has 0 unspecified atom stereocenters. The summed E-state index contributed by atoms with van der Waals surface area (Å²) in [6, 6.07) is 6.81. The number of amides is 1. The number of nitrogens with one attached hydrogen (secondary N) is 1. The quantitative estimate of drug-likeness (QED) is 0.743. The summed E-state index contributed by atoms with van der Waals surface area (Å²) in [6.45, 7) is 3.02. The Kier molecular flexibility index (Phi) is 6.31. The molecule has 0 fully saturated rings. The lowest BCUT2D eigenvalue weighted by atomic mass is 10.2. The Hall–Kier alpha value is -2.41. The van der Waals surface area contributed by atoms with Gasteiger partial charge in [-0.25, -0.2) is 4.79 Å². The summed E-state index contributed by atoms with van der Waals surface area (Å²) in [5.41, 5.74) is -0.432. The lowest BCUT2D eigenvalue weighted by molar-refractivity contribution is -0.132. The van der Waals surface area contributed by atoms with Gasteiger partial charge in [0.1, 0.15) is 0 Å². The average Bonchev–Trinajstić information content (AvgIpc) is 2.58. The van der Waals surface area contributed by atoms with Crippen molar-refractivity contribution in [1.29, 1.82) is 0 Å². The first-order valence-electron chi connectivity index (χ1n) is 8.19. The molecule has 7 heteroatoms. The van der Waals surface area contributed by atoms with Gasteiger partial charge in [0.05, 0.1) is 17.5 Å². The number of aromatic amines is 1. The van der Waals surface area contributed by atoms with Crippen LogP contribution in [0.2, 0.25) is 0 Å². The second kappa shape index (κ2) is 8.44. The lowest BCUT2D eigenvalue weighted by Crippen LogP contribution is -2.36. The Balaban J connectivity index is 2.19. The minimum atomic E-state index is -0.520. The van der Waals surface area contributed by atoms with Crippen molar-refractivity contribution in [3.8, 4) is 0 Å². The Morgan fingerprint density at radius 3 is 2.71 bits per heavy atom. The molecular weight excluding hydrogens is 310 g/mol.